The molecule has 1 aromatic carbocycles. The topological polar surface area (TPSA) is 67.7 Å². The lowest BCUT2D eigenvalue weighted by atomic mass is 10.2. The van der Waals surface area contributed by atoms with Gasteiger partial charge in [0.25, 0.3) is 11.5 Å². The van der Waals surface area contributed by atoms with E-state index in [1.54, 1.807) is 4.90 Å². The smallest absolute Gasteiger partial charge is 0.278 e. The number of aromatic nitrogens is 2. The van der Waals surface area contributed by atoms with Gasteiger partial charge in [0.1, 0.15) is 5.82 Å². The van der Waals surface area contributed by atoms with E-state index >= 15 is 0 Å². The van der Waals surface area contributed by atoms with E-state index in [0.717, 1.165) is 17.8 Å². The summed E-state index contributed by atoms with van der Waals surface area (Å²) in [4.78, 5) is 28.9. The van der Waals surface area contributed by atoms with Crippen molar-refractivity contribution in [2.24, 2.45) is 0 Å². The van der Waals surface area contributed by atoms with Gasteiger partial charge in [0.15, 0.2) is 11.4 Å². The minimum Gasteiger partial charge on any atom is -0.494 e. The number of methoxy groups -OCH3 is 1. The van der Waals surface area contributed by atoms with Crippen LogP contribution < -0.4 is 10.3 Å². The molecular weight excluding hydrogens is 327 g/mol. The summed E-state index contributed by atoms with van der Waals surface area (Å²) in [5.74, 6) is -0.577. The van der Waals surface area contributed by atoms with E-state index in [9.17, 15) is 14.0 Å². The highest BCUT2D eigenvalue weighted by atomic mass is 19.1. The number of likely N-dealkylation sites (N-methyl/N-ethyl adjacent to an activating group) is 1. The zero-order valence-electron chi connectivity index (χ0n) is 14.1. The second kappa shape index (κ2) is 7.02. The van der Waals surface area contributed by atoms with Gasteiger partial charge >= 0.3 is 0 Å². The monoisotopic (exact) mass is 346 g/mol. The molecule has 25 heavy (non-hydrogen) atoms. The summed E-state index contributed by atoms with van der Waals surface area (Å²) >= 11 is 0. The minimum absolute atomic E-state index is 0.0657. The molecule has 0 N–H and O–H groups in total. The van der Waals surface area contributed by atoms with E-state index in [4.69, 9.17) is 4.74 Å². The standard InChI is InChI=1S/C17H19FN4O3/c1-20-7-9-21(10-8-20)17(24)16-14(25-2)11-15(23)22(19-16)13-5-3-12(18)4-6-13/h3-6,11H,7-10H2,1-2H3. The summed E-state index contributed by atoms with van der Waals surface area (Å²) in [5.41, 5.74) is -0.0177. The van der Waals surface area contributed by atoms with Gasteiger partial charge in [0.2, 0.25) is 0 Å². The number of amides is 1. The Morgan fingerprint density at radius 1 is 1.16 bits per heavy atom. The fourth-order valence-electron chi connectivity index (χ4n) is 2.67. The molecule has 2 aromatic rings. The number of halogens is 1. The third-order valence-corrected chi connectivity index (χ3v) is 4.18. The molecular formula is C17H19FN4O3. The summed E-state index contributed by atoms with van der Waals surface area (Å²) in [5, 5.41) is 4.19. The number of carbonyl (C=O) groups is 1. The number of carbonyl (C=O) groups excluding carboxylic acids is 1. The lowest BCUT2D eigenvalue weighted by Gasteiger charge is -2.32. The number of hydrogen-bond acceptors (Lipinski definition) is 5. The van der Waals surface area contributed by atoms with Gasteiger partial charge in [-0.25, -0.2) is 4.39 Å². The van der Waals surface area contributed by atoms with E-state index in [2.05, 4.69) is 10.00 Å². The van der Waals surface area contributed by atoms with Gasteiger partial charge in [-0.3, -0.25) is 9.59 Å². The molecule has 0 spiro atoms. The summed E-state index contributed by atoms with van der Waals surface area (Å²) in [7, 11) is 3.38. The Bertz CT molecular complexity index is 827. The van der Waals surface area contributed by atoms with Crippen LogP contribution in [0, 0.1) is 5.82 Å². The maximum Gasteiger partial charge on any atom is 0.278 e. The maximum atomic E-state index is 13.1. The van der Waals surface area contributed by atoms with Crippen LogP contribution >= 0.6 is 0 Å². The van der Waals surface area contributed by atoms with E-state index in [1.165, 1.54) is 37.4 Å². The van der Waals surface area contributed by atoms with Crippen molar-refractivity contribution in [3.63, 3.8) is 0 Å². The molecule has 3 rings (SSSR count). The molecule has 7 nitrogen and oxygen atoms in total. The number of ether oxygens (including phenoxy) is 1. The van der Waals surface area contributed by atoms with Gasteiger partial charge in [0, 0.05) is 26.2 Å². The summed E-state index contributed by atoms with van der Waals surface area (Å²) < 4.78 is 19.4. The van der Waals surface area contributed by atoms with E-state index < -0.39 is 11.4 Å². The molecule has 1 fully saturated rings. The van der Waals surface area contributed by atoms with Crippen LogP contribution in [-0.2, 0) is 0 Å². The largest absolute Gasteiger partial charge is 0.494 e. The van der Waals surface area contributed by atoms with E-state index in [0.29, 0.717) is 18.8 Å². The van der Waals surface area contributed by atoms with Gasteiger partial charge in [-0.1, -0.05) is 0 Å². The number of piperazine rings is 1. The first-order valence-electron chi connectivity index (χ1n) is 7.91. The van der Waals surface area contributed by atoms with E-state index in [-0.39, 0.29) is 17.4 Å². The predicted octanol–water partition coefficient (Wildman–Crippen LogP) is 0.768. The average Bonchev–Trinajstić information content (AvgIpc) is 2.62. The first-order chi connectivity index (χ1) is 12.0. The van der Waals surface area contributed by atoms with Crippen LogP contribution in [0.4, 0.5) is 4.39 Å². The molecule has 0 unspecified atom stereocenters. The van der Waals surface area contributed by atoms with Gasteiger partial charge in [-0.2, -0.15) is 9.78 Å². The molecule has 0 atom stereocenters. The average molecular weight is 346 g/mol. The van der Waals surface area contributed by atoms with Crippen LogP contribution in [0.5, 0.6) is 5.75 Å². The third kappa shape index (κ3) is 3.53. The molecule has 0 aliphatic carbocycles. The highest BCUT2D eigenvalue weighted by Gasteiger charge is 2.25. The zero-order valence-corrected chi connectivity index (χ0v) is 14.1. The summed E-state index contributed by atoms with van der Waals surface area (Å²) in [6.07, 6.45) is 0. The number of hydrogen-bond donors (Lipinski definition) is 0. The third-order valence-electron chi connectivity index (χ3n) is 4.18. The Morgan fingerprint density at radius 2 is 1.80 bits per heavy atom. The quantitative estimate of drug-likeness (QED) is 0.821. The Morgan fingerprint density at radius 3 is 2.40 bits per heavy atom. The molecule has 2 heterocycles. The van der Waals surface area contributed by atoms with Crippen LogP contribution in [0.3, 0.4) is 0 Å². The normalized spacial score (nSPS) is 15.2. The van der Waals surface area contributed by atoms with Gasteiger partial charge in [-0.05, 0) is 31.3 Å². The Labute approximate surface area is 144 Å². The van der Waals surface area contributed by atoms with Crippen LogP contribution in [-0.4, -0.2) is 65.8 Å². The molecule has 1 aromatic heterocycles. The summed E-state index contributed by atoms with van der Waals surface area (Å²) in [6, 6.07) is 6.55. The van der Waals surface area contributed by atoms with Gasteiger partial charge in [0.05, 0.1) is 18.9 Å². The molecule has 8 heteroatoms. The minimum atomic E-state index is -0.460. The van der Waals surface area contributed by atoms with Crippen LogP contribution in [0.2, 0.25) is 0 Å². The number of benzene rings is 1. The fourth-order valence-corrected chi connectivity index (χ4v) is 2.67. The van der Waals surface area contributed by atoms with Crippen molar-refractivity contribution in [1.29, 1.82) is 0 Å². The molecule has 1 aliphatic rings. The van der Waals surface area contributed by atoms with Crippen molar-refractivity contribution in [2.45, 2.75) is 0 Å². The predicted molar refractivity (Wildman–Crippen MR) is 89.7 cm³/mol. The lowest BCUT2D eigenvalue weighted by molar-refractivity contribution is 0.0652. The Balaban J connectivity index is 2.00. The van der Waals surface area contributed by atoms with Crippen molar-refractivity contribution in [1.82, 2.24) is 19.6 Å². The number of rotatable bonds is 3. The maximum absolute atomic E-state index is 13.1. The highest BCUT2D eigenvalue weighted by molar-refractivity contribution is 5.94. The molecule has 0 saturated carbocycles. The highest BCUT2D eigenvalue weighted by Crippen LogP contribution is 2.17. The molecule has 0 radical (unpaired) electrons. The molecule has 0 bridgehead atoms. The second-order valence-electron chi connectivity index (χ2n) is 5.88. The zero-order chi connectivity index (χ0) is 18.0. The Hall–Kier alpha value is -2.74. The number of nitrogens with zero attached hydrogens (tertiary/aromatic N) is 4. The van der Waals surface area contributed by atoms with Crippen LogP contribution in [0.1, 0.15) is 10.5 Å². The first-order valence-corrected chi connectivity index (χ1v) is 7.91. The van der Waals surface area contributed by atoms with E-state index in [1.807, 2.05) is 7.05 Å². The molecule has 1 aliphatic heterocycles. The van der Waals surface area contributed by atoms with Gasteiger partial charge in [-0.15, -0.1) is 0 Å². The lowest BCUT2D eigenvalue weighted by Crippen LogP contribution is -2.47. The van der Waals surface area contributed by atoms with Crippen molar-refractivity contribution in [3.05, 3.63) is 52.2 Å². The molecule has 1 amide bonds. The summed E-state index contributed by atoms with van der Waals surface area (Å²) in [6.45, 7) is 2.70. The van der Waals surface area contributed by atoms with Crippen LogP contribution in [0.25, 0.3) is 5.69 Å². The van der Waals surface area contributed by atoms with Crippen molar-refractivity contribution < 1.29 is 13.9 Å². The first kappa shape index (κ1) is 17.1. The molecule has 1 saturated heterocycles. The van der Waals surface area contributed by atoms with Crippen molar-refractivity contribution >= 4 is 5.91 Å². The van der Waals surface area contributed by atoms with Crippen molar-refractivity contribution in [3.8, 4) is 11.4 Å². The molecule has 132 valence electrons. The fraction of sp³-hybridized carbons (Fsp3) is 0.353. The van der Waals surface area contributed by atoms with Crippen LogP contribution in [0.15, 0.2) is 35.1 Å². The van der Waals surface area contributed by atoms with Crippen molar-refractivity contribution in [2.75, 3.05) is 40.3 Å². The van der Waals surface area contributed by atoms with Gasteiger partial charge < -0.3 is 14.5 Å². The second-order valence-corrected chi connectivity index (χ2v) is 5.88. The SMILES string of the molecule is COc1cc(=O)n(-c2ccc(F)cc2)nc1C(=O)N1CCN(C)CC1. The Kier molecular flexibility index (Phi) is 4.80.